The van der Waals surface area contributed by atoms with E-state index in [1.54, 1.807) is 0 Å². The number of fused-ring (bicyclic) bond motifs is 2. The van der Waals surface area contributed by atoms with E-state index >= 15 is 0 Å². The van der Waals surface area contributed by atoms with Gasteiger partial charge < -0.3 is 5.32 Å². The van der Waals surface area contributed by atoms with Gasteiger partial charge in [-0.05, 0) is 67.2 Å². The summed E-state index contributed by atoms with van der Waals surface area (Å²) in [5.41, 5.74) is 2.17. The number of aryl methyl sites for hydroxylation is 1. The third-order valence-electron chi connectivity index (χ3n) is 5.05. The van der Waals surface area contributed by atoms with E-state index in [2.05, 4.69) is 34.2 Å². The molecule has 1 aromatic rings. The van der Waals surface area contributed by atoms with Gasteiger partial charge in [0.25, 0.3) is 0 Å². The molecule has 2 nitrogen and oxygen atoms in total. The summed E-state index contributed by atoms with van der Waals surface area (Å²) < 4.78 is 1.07. The Morgan fingerprint density at radius 3 is 2.85 bits per heavy atom. The SMILES string of the molecule is CCc1cc(Br)ccc1NC(=O)CC1CC2CCC1C2. The Labute approximate surface area is 129 Å². The molecule has 3 rings (SSSR count). The van der Waals surface area contributed by atoms with Crippen LogP contribution in [0.1, 0.15) is 44.6 Å². The molecule has 3 heteroatoms. The van der Waals surface area contributed by atoms with Gasteiger partial charge in [-0.15, -0.1) is 0 Å². The number of benzene rings is 1. The van der Waals surface area contributed by atoms with Gasteiger partial charge in [-0.3, -0.25) is 4.79 Å². The number of halogens is 1. The highest BCUT2D eigenvalue weighted by atomic mass is 79.9. The van der Waals surface area contributed by atoms with Gasteiger partial charge in [0.15, 0.2) is 0 Å². The Kier molecular flexibility index (Phi) is 4.16. The van der Waals surface area contributed by atoms with Crippen molar-refractivity contribution in [3.8, 4) is 0 Å². The maximum Gasteiger partial charge on any atom is 0.224 e. The van der Waals surface area contributed by atoms with Crippen LogP contribution in [0.25, 0.3) is 0 Å². The summed E-state index contributed by atoms with van der Waals surface area (Å²) in [7, 11) is 0. The van der Waals surface area contributed by atoms with Gasteiger partial charge in [0.05, 0.1) is 0 Å². The van der Waals surface area contributed by atoms with Crippen molar-refractivity contribution in [3.05, 3.63) is 28.2 Å². The van der Waals surface area contributed by atoms with Gasteiger partial charge in [0.2, 0.25) is 5.91 Å². The van der Waals surface area contributed by atoms with E-state index in [9.17, 15) is 4.79 Å². The van der Waals surface area contributed by atoms with Gasteiger partial charge in [-0.25, -0.2) is 0 Å². The van der Waals surface area contributed by atoms with Crippen LogP contribution in [0.4, 0.5) is 5.69 Å². The van der Waals surface area contributed by atoms with Crippen LogP contribution in [0.5, 0.6) is 0 Å². The van der Waals surface area contributed by atoms with Crippen molar-refractivity contribution in [3.63, 3.8) is 0 Å². The van der Waals surface area contributed by atoms with Gasteiger partial charge >= 0.3 is 0 Å². The van der Waals surface area contributed by atoms with Crippen molar-refractivity contribution in [1.29, 1.82) is 0 Å². The van der Waals surface area contributed by atoms with Crippen molar-refractivity contribution >= 4 is 27.5 Å². The predicted molar refractivity (Wildman–Crippen MR) is 85.7 cm³/mol. The minimum absolute atomic E-state index is 0.194. The smallest absolute Gasteiger partial charge is 0.224 e. The summed E-state index contributed by atoms with van der Waals surface area (Å²) in [5.74, 6) is 2.56. The molecule has 0 aromatic heterocycles. The zero-order valence-electron chi connectivity index (χ0n) is 12.0. The van der Waals surface area contributed by atoms with Crippen LogP contribution in [0, 0.1) is 17.8 Å². The predicted octanol–water partition coefficient (Wildman–Crippen LogP) is 4.78. The lowest BCUT2D eigenvalue weighted by atomic mass is 9.86. The van der Waals surface area contributed by atoms with E-state index in [1.807, 2.05) is 12.1 Å². The summed E-state index contributed by atoms with van der Waals surface area (Å²) >= 11 is 3.48. The fourth-order valence-corrected chi connectivity index (χ4v) is 4.45. The normalized spacial score (nSPS) is 27.8. The van der Waals surface area contributed by atoms with E-state index in [4.69, 9.17) is 0 Å². The summed E-state index contributed by atoms with van der Waals surface area (Å²) in [4.78, 5) is 12.3. The number of hydrogen-bond acceptors (Lipinski definition) is 1. The standard InChI is InChI=1S/C17H22BrNO/c1-2-12-9-15(18)5-6-16(12)19-17(20)10-14-8-11-3-4-13(14)7-11/h5-6,9,11,13-14H,2-4,7-8,10H2,1H3,(H,19,20). The molecule has 0 radical (unpaired) electrons. The Hall–Kier alpha value is -0.830. The lowest BCUT2D eigenvalue weighted by Gasteiger charge is -2.21. The molecule has 1 N–H and O–H groups in total. The van der Waals surface area contributed by atoms with Crippen LogP contribution in [-0.4, -0.2) is 5.91 Å². The Balaban J connectivity index is 1.61. The average Bonchev–Trinajstić information content (AvgIpc) is 3.03. The number of carbonyl (C=O) groups excluding carboxylic acids is 1. The largest absolute Gasteiger partial charge is 0.326 e. The third kappa shape index (κ3) is 2.93. The molecule has 2 aliphatic carbocycles. The molecule has 2 saturated carbocycles. The highest BCUT2D eigenvalue weighted by Gasteiger charge is 2.40. The number of nitrogens with one attached hydrogen (secondary N) is 1. The minimum atomic E-state index is 0.194. The van der Waals surface area contributed by atoms with Gasteiger partial charge in [0.1, 0.15) is 0 Å². The van der Waals surface area contributed by atoms with Crippen LogP contribution < -0.4 is 5.32 Å². The van der Waals surface area contributed by atoms with Crippen LogP contribution in [0.3, 0.4) is 0 Å². The molecule has 20 heavy (non-hydrogen) atoms. The molecule has 108 valence electrons. The number of anilines is 1. The molecule has 0 saturated heterocycles. The lowest BCUT2D eigenvalue weighted by Crippen LogP contribution is -2.20. The summed E-state index contributed by atoms with van der Waals surface area (Å²) in [6.45, 7) is 2.12. The summed E-state index contributed by atoms with van der Waals surface area (Å²) in [6.07, 6.45) is 7.04. The third-order valence-corrected chi connectivity index (χ3v) is 5.55. The van der Waals surface area contributed by atoms with Crippen molar-refractivity contribution in [1.82, 2.24) is 0 Å². The maximum absolute atomic E-state index is 12.3. The fraction of sp³-hybridized carbons (Fsp3) is 0.588. The second-order valence-electron chi connectivity index (χ2n) is 6.34. The molecule has 1 amide bonds. The molecule has 2 fully saturated rings. The minimum Gasteiger partial charge on any atom is -0.326 e. The topological polar surface area (TPSA) is 29.1 Å². The van der Waals surface area contributed by atoms with E-state index in [1.165, 1.54) is 31.2 Å². The van der Waals surface area contributed by atoms with Crippen molar-refractivity contribution < 1.29 is 4.79 Å². The average molecular weight is 336 g/mol. The van der Waals surface area contributed by atoms with Gasteiger partial charge in [-0.1, -0.05) is 29.3 Å². The first kappa shape index (κ1) is 14.1. The second kappa shape index (κ2) is 5.88. The molecule has 2 bridgehead atoms. The van der Waals surface area contributed by atoms with Crippen LogP contribution in [0.15, 0.2) is 22.7 Å². The highest BCUT2D eigenvalue weighted by molar-refractivity contribution is 9.10. The van der Waals surface area contributed by atoms with E-state index in [0.717, 1.165) is 28.4 Å². The van der Waals surface area contributed by atoms with Crippen molar-refractivity contribution in [2.75, 3.05) is 5.32 Å². The molecular weight excluding hydrogens is 314 g/mol. The zero-order valence-corrected chi connectivity index (χ0v) is 13.6. The first-order valence-corrected chi connectivity index (χ1v) is 8.53. The lowest BCUT2D eigenvalue weighted by molar-refractivity contribution is -0.117. The first-order valence-electron chi connectivity index (χ1n) is 7.74. The Bertz CT molecular complexity index is 514. The second-order valence-corrected chi connectivity index (χ2v) is 7.26. The number of rotatable bonds is 4. The molecule has 0 aliphatic heterocycles. The van der Waals surface area contributed by atoms with E-state index in [0.29, 0.717) is 12.3 Å². The molecule has 1 aromatic carbocycles. The molecule has 2 aliphatic rings. The van der Waals surface area contributed by atoms with E-state index in [-0.39, 0.29) is 5.91 Å². The molecule has 3 atom stereocenters. The maximum atomic E-state index is 12.3. The summed E-state index contributed by atoms with van der Waals surface area (Å²) in [5, 5.41) is 3.12. The van der Waals surface area contributed by atoms with E-state index < -0.39 is 0 Å². The fourth-order valence-electron chi connectivity index (χ4n) is 4.04. The molecule has 0 heterocycles. The first-order chi connectivity index (χ1) is 9.65. The number of amides is 1. The van der Waals surface area contributed by atoms with Gasteiger partial charge in [0, 0.05) is 16.6 Å². The Morgan fingerprint density at radius 2 is 2.20 bits per heavy atom. The van der Waals surface area contributed by atoms with Crippen LogP contribution in [0.2, 0.25) is 0 Å². The Morgan fingerprint density at radius 1 is 1.35 bits per heavy atom. The zero-order chi connectivity index (χ0) is 14.1. The highest BCUT2D eigenvalue weighted by Crippen LogP contribution is 2.49. The molecular formula is C17H22BrNO. The molecule has 0 spiro atoms. The quantitative estimate of drug-likeness (QED) is 0.843. The summed E-state index contributed by atoms with van der Waals surface area (Å²) in [6, 6.07) is 6.08. The number of hydrogen-bond donors (Lipinski definition) is 1. The number of carbonyl (C=O) groups is 1. The van der Waals surface area contributed by atoms with Crippen LogP contribution >= 0.6 is 15.9 Å². The monoisotopic (exact) mass is 335 g/mol. The van der Waals surface area contributed by atoms with Gasteiger partial charge in [-0.2, -0.15) is 0 Å². The van der Waals surface area contributed by atoms with Crippen molar-refractivity contribution in [2.45, 2.75) is 45.4 Å². The molecule has 3 unspecified atom stereocenters. The van der Waals surface area contributed by atoms with Crippen LogP contribution in [-0.2, 0) is 11.2 Å². The van der Waals surface area contributed by atoms with Crippen molar-refractivity contribution in [2.24, 2.45) is 17.8 Å².